The number of imide groups is 1. The van der Waals surface area contributed by atoms with E-state index in [2.05, 4.69) is 28.2 Å². The summed E-state index contributed by atoms with van der Waals surface area (Å²) in [6.07, 6.45) is 2.22. The van der Waals surface area contributed by atoms with Crippen molar-refractivity contribution >= 4 is 35.4 Å². The molecule has 14 nitrogen and oxygen atoms in total. The van der Waals surface area contributed by atoms with E-state index in [1.807, 2.05) is 0 Å². The highest BCUT2D eigenvalue weighted by Gasteiger charge is 2.43. The van der Waals surface area contributed by atoms with Gasteiger partial charge in [0.05, 0.1) is 25.2 Å². The van der Waals surface area contributed by atoms with Crippen molar-refractivity contribution in [3.63, 3.8) is 0 Å². The summed E-state index contributed by atoms with van der Waals surface area (Å²) in [6, 6.07) is 1.44. The first-order chi connectivity index (χ1) is 24.6. The van der Waals surface area contributed by atoms with E-state index in [0.717, 1.165) is 30.6 Å². The third-order valence-electron chi connectivity index (χ3n) is 9.44. The summed E-state index contributed by atoms with van der Waals surface area (Å²) in [6.45, 7) is 9.51. The molecule has 8 atom stereocenters. The van der Waals surface area contributed by atoms with Crippen LogP contribution in [0.15, 0.2) is 30.3 Å². The Morgan fingerprint density at radius 3 is 1.94 bits per heavy atom. The molecule has 1 heterocycles. The fourth-order valence-corrected chi connectivity index (χ4v) is 6.14. The zero-order valence-corrected chi connectivity index (χ0v) is 31.6. The van der Waals surface area contributed by atoms with Gasteiger partial charge in [-0.2, -0.15) is 0 Å². The van der Waals surface area contributed by atoms with Crippen LogP contribution in [0.5, 0.6) is 0 Å². The smallest absolute Gasteiger partial charge is 0.252 e. The van der Waals surface area contributed by atoms with Gasteiger partial charge in [0.2, 0.25) is 29.5 Å². The maximum absolute atomic E-state index is 14.7. The highest BCUT2D eigenvalue weighted by molar-refractivity contribution is 6.05. The van der Waals surface area contributed by atoms with E-state index >= 15 is 0 Å². The third-order valence-corrected chi connectivity index (χ3v) is 9.44. The van der Waals surface area contributed by atoms with Crippen LogP contribution in [0.1, 0.15) is 105 Å². The Morgan fingerprint density at radius 2 is 1.37 bits per heavy atom. The summed E-state index contributed by atoms with van der Waals surface area (Å²) in [7, 11) is 0. The molecule has 1 aliphatic rings. The second kappa shape index (κ2) is 22.2. The Hall–Kier alpha value is -3.88. The van der Waals surface area contributed by atoms with Gasteiger partial charge in [-0.15, -0.1) is 0 Å². The molecule has 0 radical (unpaired) electrons. The molecule has 1 aliphatic heterocycles. The van der Waals surface area contributed by atoms with E-state index in [9.17, 15) is 44.1 Å². The lowest BCUT2D eigenvalue weighted by molar-refractivity contribution is -0.156. The monoisotopic (exact) mass is 731 g/mol. The van der Waals surface area contributed by atoms with Crippen molar-refractivity contribution in [3.05, 3.63) is 35.9 Å². The lowest BCUT2D eigenvalue weighted by atomic mass is 9.93. The number of rotatable bonds is 16. The fraction of sp³-hybridized carbons (Fsp3) is 0.684. The number of aliphatic hydroxyl groups is 3. The Labute approximate surface area is 307 Å². The molecule has 1 aromatic rings. The van der Waals surface area contributed by atoms with E-state index in [0.29, 0.717) is 24.8 Å². The summed E-state index contributed by atoms with van der Waals surface area (Å²) in [5, 5.41) is 41.7. The van der Waals surface area contributed by atoms with Crippen LogP contribution in [-0.4, -0.2) is 105 Å². The van der Waals surface area contributed by atoms with Crippen molar-refractivity contribution < 1.29 is 44.1 Å². The van der Waals surface area contributed by atoms with Gasteiger partial charge < -0.3 is 36.6 Å². The van der Waals surface area contributed by atoms with Gasteiger partial charge in [-0.3, -0.25) is 33.7 Å². The molecule has 14 heteroatoms. The summed E-state index contributed by atoms with van der Waals surface area (Å²) in [5.74, 6) is -6.13. The second-order valence-electron chi connectivity index (χ2n) is 14.4. The summed E-state index contributed by atoms with van der Waals surface area (Å²) in [5.41, 5.74) is 0.664. The molecule has 0 saturated carbocycles. The van der Waals surface area contributed by atoms with Gasteiger partial charge in [0.1, 0.15) is 30.2 Å². The lowest BCUT2D eigenvalue weighted by Crippen LogP contribution is -2.62. The largest absolute Gasteiger partial charge is 0.394 e. The Kier molecular flexibility index (Phi) is 18.9. The first-order valence-corrected chi connectivity index (χ1v) is 18.7. The number of nitrogens with zero attached hydrogens (tertiary/aromatic N) is 1. The number of hydrogen-bond acceptors (Lipinski definition) is 9. The molecule has 0 aromatic heterocycles. The molecule has 0 bridgehead atoms. The molecule has 6 amide bonds. The molecular formula is C38H61N5O9. The first kappa shape index (κ1) is 44.3. The number of carbonyl (C=O) groups is 6. The van der Waals surface area contributed by atoms with E-state index in [1.165, 1.54) is 6.92 Å². The predicted molar refractivity (Wildman–Crippen MR) is 195 cm³/mol. The van der Waals surface area contributed by atoms with Crippen LogP contribution in [0.25, 0.3) is 0 Å². The maximum Gasteiger partial charge on any atom is 0.252 e. The van der Waals surface area contributed by atoms with Crippen LogP contribution in [0.3, 0.4) is 0 Å². The highest BCUT2D eigenvalue weighted by Crippen LogP contribution is 2.21. The second-order valence-corrected chi connectivity index (χ2v) is 14.4. The predicted octanol–water partition coefficient (Wildman–Crippen LogP) is 1.48. The van der Waals surface area contributed by atoms with E-state index in [-0.39, 0.29) is 18.8 Å². The van der Waals surface area contributed by atoms with Gasteiger partial charge in [0, 0.05) is 6.42 Å². The number of hydrogen-bond donors (Lipinski definition) is 7. The normalized spacial score (nSPS) is 24.2. The summed E-state index contributed by atoms with van der Waals surface area (Å²) in [4.78, 5) is 84.7. The quantitative estimate of drug-likeness (QED) is 0.123. The molecule has 52 heavy (non-hydrogen) atoms. The van der Waals surface area contributed by atoms with Crippen LogP contribution in [-0.2, 0) is 35.2 Å². The lowest BCUT2D eigenvalue weighted by Gasteiger charge is -2.36. The number of unbranched alkanes of at least 4 members (excludes halogenated alkanes) is 4. The van der Waals surface area contributed by atoms with Crippen molar-refractivity contribution in [3.8, 4) is 0 Å². The van der Waals surface area contributed by atoms with Crippen LogP contribution in [0.2, 0.25) is 0 Å². The van der Waals surface area contributed by atoms with Crippen molar-refractivity contribution in [2.75, 3.05) is 6.61 Å². The molecule has 1 aromatic carbocycles. The number of nitrogens with one attached hydrogen (secondary N) is 4. The van der Waals surface area contributed by atoms with Crippen LogP contribution < -0.4 is 21.3 Å². The zero-order chi connectivity index (χ0) is 39.0. The standard InChI is InChI=1S/C38H61N5O9/c1-7-9-10-11-15-18-27(46)21-31(47)43-30(19-23(3)4)36(50)40-29(22-44)35(49)42-33(25(6)45)37(51)39-28(20-26-16-13-12-14-17-26)34(48)41-32(38(43)52)24(5)8-2/h12-14,16-17,23-25,27-30,32-33,44-46H,7-11,15,18-22H2,1-6H3,(H,39,51)(H,40,50)(H,41,48)(H,42,49)/t24-,25+,27?,28+,29-,30+,32-,33-/m0/s1. The van der Waals surface area contributed by atoms with Gasteiger partial charge in [-0.05, 0) is 37.2 Å². The molecule has 0 spiro atoms. The highest BCUT2D eigenvalue weighted by atomic mass is 16.3. The van der Waals surface area contributed by atoms with Crippen LogP contribution >= 0.6 is 0 Å². The SMILES string of the molecule is CCCCCCCC(O)CC(=O)N1C(=O)[C@H]([C@@H](C)CC)NC(=O)[C@@H](Cc2ccccc2)NC(=O)[C@H]([C@@H](C)O)NC(=O)[C@H](CO)NC(=O)[C@H]1CC(C)C. The van der Waals surface area contributed by atoms with E-state index in [4.69, 9.17) is 0 Å². The van der Waals surface area contributed by atoms with Crippen LogP contribution in [0, 0.1) is 11.8 Å². The average Bonchev–Trinajstić information content (AvgIpc) is 3.10. The molecule has 1 fully saturated rings. The Bertz CT molecular complexity index is 1320. The van der Waals surface area contributed by atoms with Crippen LogP contribution in [0.4, 0.5) is 0 Å². The van der Waals surface area contributed by atoms with Crippen molar-refractivity contribution in [1.82, 2.24) is 26.2 Å². The zero-order valence-electron chi connectivity index (χ0n) is 31.6. The fourth-order valence-electron chi connectivity index (χ4n) is 6.14. The molecule has 2 rings (SSSR count). The minimum atomic E-state index is -1.63. The van der Waals surface area contributed by atoms with Gasteiger partial charge in [-0.25, -0.2) is 0 Å². The van der Waals surface area contributed by atoms with E-state index in [1.54, 1.807) is 58.0 Å². The maximum atomic E-state index is 14.7. The van der Waals surface area contributed by atoms with Gasteiger partial charge in [0.15, 0.2) is 0 Å². The Morgan fingerprint density at radius 1 is 0.769 bits per heavy atom. The summed E-state index contributed by atoms with van der Waals surface area (Å²) >= 11 is 0. The third kappa shape index (κ3) is 13.6. The molecule has 1 unspecified atom stereocenters. The number of benzene rings is 1. The number of carbonyl (C=O) groups excluding carboxylic acids is 6. The van der Waals surface area contributed by atoms with E-state index < -0.39 is 96.8 Å². The molecule has 292 valence electrons. The molecule has 7 N–H and O–H groups in total. The molecule has 0 aliphatic carbocycles. The molecule has 1 saturated heterocycles. The topological polar surface area (TPSA) is 214 Å². The van der Waals surface area contributed by atoms with Gasteiger partial charge in [0.25, 0.3) is 5.91 Å². The minimum Gasteiger partial charge on any atom is -0.394 e. The average molecular weight is 732 g/mol. The van der Waals surface area contributed by atoms with Crippen molar-refractivity contribution in [1.29, 1.82) is 0 Å². The Balaban J connectivity index is 2.71. The van der Waals surface area contributed by atoms with Gasteiger partial charge >= 0.3 is 0 Å². The van der Waals surface area contributed by atoms with Crippen molar-refractivity contribution in [2.45, 2.75) is 148 Å². The minimum absolute atomic E-state index is 0.0251. The molecular weight excluding hydrogens is 670 g/mol. The summed E-state index contributed by atoms with van der Waals surface area (Å²) < 4.78 is 0. The number of amides is 6. The number of aliphatic hydroxyl groups excluding tert-OH is 3. The first-order valence-electron chi connectivity index (χ1n) is 18.7. The van der Waals surface area contributed by atoms with Gasteiger partial charge in [-0.1, -0.05) is 103 Å². The van der Waals surface area contributed by atoms with Crippen molar-refractivity contribution in [2.24, 2.45) is 11.8 Å².